The number of nitrogen functional groups attached to an aromatic ring is 1. The molecule has 1 aromatic rings. The molecule has 4 heteroatoms. The maximum atomic E-state index is 12.2. The van der Waals surface area contributed by atoms with Crippen molar-refractivity contribution in [3.8, 4) is 0 Å². The first-order valence-corrected chi connectivity index (χ1v) is 7.31. The summed E-state index contributed by atoms with van der Waals surface area (Å²) >= 11 is 5.86. The molecule has 0 saturated heterocycles. The number of hydrogen-bond donors (Lipinski definition) is 2. The maximum Gasteiger partial charge on any atom is 0.251 e. The molecule has 1 aliphatic carbocycles. The van der Waals surface area contributed by atoms with Crippen molar-refractivity contribution in [2.45, 2.75) is 45.1 Å². The molecular weight excluding hydrogens is 260 g/mol. The molecule has 1 saturated carbocycles. The molecule has 0 bridgehead atoms. The van der Waals surface area contributed by atoms with Crippen LogP contribution in [0.15, 0.2) is 18.2 Å². The van der Waals surface area contributed by atoms with Crippen molar-refractivity contribution < 1.29 is 4.79 Å². The van der Waals surface area contributed by atoms with Crippen LogP contribution in [0.1, 0.15) is 49.4 Å². The van der Waals surface area contributed by atoms with Gasteiger partial charge in [0.2, 0.25) is 0 Å². The fraction of sp³-hybridized carbons (Fsp3) is 0.533. The number of hydrogen-bond acceptors (Lipinski definition) is 2. The Bertz CT molecular complexity index is 455. The number of carbonyl (C=O) groups is 1. The average molecular weight is 281 g/mol. The van der Waals surface area contributed by atoms with Gasteiger partial charge in [0.15, 0.2) is 0 Å². The average Bonchev–Trinajstić information content (AvgIpc) is 2.42. The third kappa shape index (κ3) is 3.63. The Kier molecular flexibility index (Phi) is 4.70. The second-order valence-electron chi connectivity index (χ2n) is 5.40. The Morgan fingerprint density at radius 2 is 2.05 bits per heavy atom. The second kappa shape index (κ2) is 6.29. The van der Waals surface area contributed by atoms with Crippen LogP contribution < -0.4 is 11.1 Å². The zero-order valence-electron chi connectivity index (χ0n) is 11.3. The van der Waals surface area contributed by atoms with E-state index in [4.69, 9.17) is 17.3 Å². The van der Waals surface area contributed by atoms with Crippen LogP contribution in [-0.2, 0) is 0 Å². The Hall–Kier alpha value is -1.22. The molecule has 1 fully saturated rings. The van der Waals surface area contributed by atoms with E-state index in [1.807, 2.05) is 0 Å². The lowest BCUT2D eigenvalue weighted by Gasteiger charge is -2.28. The fourth-order valence-electron chi connectivity index (χ4n) is 2.73. The highest BCUT2D eigenvalue weighted by atomic mass is 35.5. The van der Waals surface area contributed by atoms with Crippen molar-refractivity contribution in [2.24, 2.45) is 5.92 Å². The van der Waals surface area contributed by atoms with Gasteiger partial charge in [-0.3, -0.25) is 4.79 Å². The van der Waals surface area contributed by atoms with Crippen LogP contribution in [-0.4, -0.2) is 11.9 Å². The normalized spacial score (nSPS) is 18.0. The summed E-state index contributed by atoms with van der Waals surface area (Å²) in [4.78, 5) is 12.2. The molecule has 0 radical (unpaired) electrons. The zero-order chi connectivity index (χ0) is 13.8. The molecule has 1 amide bonds. The Morgan fingerprint density at radius 3 is 2.68 bits per heavy atom. The van der Waals surface area contributed by atoms with E-state index in [1.54, 1.807) is 18.2 Å². The van der Waals surface area contributed by atoms with Gasteiger partial charge in [0.05, 0.1) is 10.7 Å². The highest BCUT2D eigenvalue weighted by molar-refractivity contribution is 6.33. The van der Waals surface area contributed by atoms with Gasteiger partial charge in [-0.1, -0.05) is 30.9 Å². The van der Waals surface area contributed by atoms with Crippen molar-refractivity contribution in [2.75, 3.05) is 5.73 Å². The molecule has 0 aliphatic heterocycles. The maximum absolute atomic E-state index is 12.2. The Balaban J connectivity index is 1.97. The van der Waals surface area contributed by atoms with Crippen molar-refractivity contribution >= 4 is 23.2 Å². The minimum absolute atomic E-state index is 0.0681. The number of carbonyl (C=O) groups excluding carboxylic acids is 1. The molecule has 19 heavy (non-hydrogen) atoms. The predicted molar refractivity (Wildman–Crippen MR) is 79.4 cm³/mol. The van der Waals surface area contributed by atoms with Gasteiger partial charge in [0, 0.05) is 11.6 Å². The van der Waals surface area contributed by atoms with Gasteiger partial charge in [-0.2, -0.15) is 0 Å². The molecular formula is C15H21ClN2O. The van der Waals surface area contributed by atoms with Crippen LogP contribution in [0.3, 0.4) is 0 Å². The molecule has 0 aromatic heterocycles. The lowest BCUT2D eigenvalue weighted by Crippen LogP contribution is -2.38. The lowest BCUT2D eigenvalue weighted by atomic mass is 9.84. The summed E-state index contributed by atoms with van der Waals surface area (Å²) in [5, 5.41) is 3.56. The van der Waals surface area contributed by atoms with E-state index >= 15 is 0 Å². The molecule has 1 unspecified atom stereocenters. The molecule has 1 atom stereocenters. The quantitative estimate of drug-likeness (QED) is 0.831. The minimum Gasteiger partial charge on any atom is -0.398 e. The number of amides is 1. The minimum atomic E-state index is -0.0681. The topological polar surface area (TPSA) is 55.1 Å². The van der Waals surface area contributed by atoms with Crippen LogP contribution in [0.5, 0.6) is 0 Å². The van der Waals surface area contributed by atoms with Crippen LogP contribution in [0, 0.1) is 5.92 Å². The van der Waals surface area contributed by atoms with Gasteiger partial charge < -0.3 is 11.1 Å². The molecule has 2 rings (SSSR count). The first kappa shape index (κ1) is 14.2. The van der Waals surface area contributed by atoms with E-state index < -0.39 is 0 Å². The number of nitrogens with one attached hydrogen (secondary N) is 1. The first-order chi connectivity index (χ1) is 9.08. The second-order valence-corrected chi connectivity index (χ2v) is 5.80. The van der Waals surface area contributed by atoms with Gasteiger partial charge >= 0.3 is 0 Å². The SMILES string of the molecule is CC(NC(=O)c1ccc(Cl)c(N)c1)C1CCCCC1. The standard InChI is InChI=1S/C15H21ClN2O/c1-10(11-5-3-2-4-6-11)18-15(19)12-7-8-13(16)14(17)9-12/h7-11H,2-6,17H2,1H3,(H,18,19). The van der Waals surface area contributed by atoms with Crippen molar-refractivity contribution in [3.05, 3.63) is 28.8 Å². The molecule has 104 valence electrons. The summed E-state index contributed by atoms with van der Waals surface area (Å²) in [6.45, 7) is 2.09. The summed E-state index contributed by atoms with van der Waals surface area (Å²) in [6, 6.07) is 5.22. The van der Waals surface area contributed by atoms with Gasteiger partial charge in [-0.05, 0) is 43.9 Å². The van der Waals surface area contributed by atoms with Crippen molar-refractivity contribution in [1.29, 1.82) is 0 Å². The number of halogens is 1. The zero-order valence-corrected chi connectivity index (χ0v) is 12.0. The molecule has 3 N–H and O–H groups in total. The number of rotatable bonds is 3. The number of benzene rings is 1. The lowest BCUT2D eigenvalue weighted by molar-refractivity contribution is 0.0919. The monoisotopic (exact) mass is 280 g/mol. The largest absolute Gasteiger partial charge is 0.398 e. The van der Waals surface area contributed by atoms with E-state index in [0.717, 1.165) is 0 Å². The molecule has 0 spiro atoms. The molecule has 0 heterocycles. The van der Waals surface area contributed by atoms with Crippen molar-refractivity contribution in [3.63, 3.8) is 0 Å². The van der Waals surface area contributed by atoms with Crippen LogP contribution >= 0.6 is 11.6 Å². The summed E-state index contributed by atoms with van der Waals surface area (Å²) in [5.41, 5.74) is 6.74. The molecule has 1 aromatic carbocycles. The highest BCUT2D eigenvalue weighted by Crippen LogP contribution is 2.26. The van der Waals surface area contributed by atoms with Crippen LogP contribution in [0.2, 0.25) is 5.02 Å². The van der Waals surface area contributed by atoms with E-state index in [2.05, 4.69) is 12.2 Å². The molecule has 1 aliphatic rings. The summed E-state index contributed by atoms with van der Waals surface area (Å²) < 4.78 is 0. The van der Waals surface area contributed by atoms with E-state index in [9.17, 15) is 4.79 Å². The third-order valence-electron chi connectivity index (χ3n) is 3.97. The van der Waals surface area contributed by atoms with Gasteiger partial charge in [0.1, 0.15) is 0 Å². The number of anilines is 1. The van der Waals surface area contributed by atoms with Gasteiger partial charge in [-0.15, -0.1) is 0 Å². The van der Waals surface area contributed by atoms with Gasteiger partial charge in [0.25, 0.3) is 5.91 Å². The number of nitrogens with two attached hydrogens (primary N) is 1. The Labute approximate surface area is 119 Å². The van der Waals surface area contributed by atoms with Crippen LogP contribution in [0.4, 0.5) is 5.69 Å². The van der Waals surface area contributed by atoms with Gasteiger partial charge in [-0.25, -0.2) is 0 Å². The summed E-state index contributed by atoms with van der Waals surface area (Å²) in [7, 11) is 0. The van der Waals surface area contributed by atoms with Crippen LogP contribution in [0.25, 0.3) is 0 Å². The van der Waals surface area contributed by atoms with Crippen molar-refractivity contribution in [1.82, 2.24) is 5.32 Å². The van der Waals surface area contributed by atoms with E-state index in [1.165, 1.54) is 32.1 Å². The summed E-state index contributed by atoms with van der Waals surface area (Å²) in [5.74, 6) is 0.531. The highest BCUT2D eigenvalue weighted by Gasteiger charge is 2.21. The van der Waals surface area contributed by atoms with E-state index in [-0.39, 0.29) is 11.9 Å². The smallest absolute Gasteiger partial charge is 0.251 e. The Morgan fingerprint density at radius 1 is 1.37 bits per heavy atom. The third-order valence-corrected chi connectivity index (χ3v) is 4.32. The predicted octanol–water partition coefficient (Wildman–Crippen LogP) is 3.62. The molecule has 3 nitrogen and oxygen atoms in total. The summed E-state index contributed by atoms with van der Waals surface area (Å²) in [6.07, 6.45) is 6.30. The van der Waals surface area contributed by atoms with E-state index in [0.29, 0.717) is 22.2 Å². The fourth-order valence-corrected chi connectivity index (χ4v) is 2.84. The first-order valence-electron chi connectivity index (χ1n) is 6.94.